The molecule has 0 fully saturated rings. The normalized spacial score (nSPS) is 13.4. The lowest BCUT2D eigenvalue weighted by Gasteiger charge is -2.18. The van der Waals surface area contributed by atoms with Crippen molar-refractivity contribution in [2.24, 2.45) is 0 Å². The second-order valence-corrected chi connectivity index (χ2v) is 6.39. The molecule has 1 N–H and O–H groups in total. The zero-order chi connectivity index (χ0) is 15.0. The fourth-order valence-corrected chi connectivity index (χ4v) is 1.67. The van der Waals surface area contributed by atoms with Gasteiger partial charge in [0.15, 0.2) is 0 Å². The zero-order valence-corrected chi connectivity index (χ0v) is 13.3. The first-order valence-electron chi connectivity index (χ1n) is 6.05. The molecule has 0 spiro atoms. The largest absolute Gasteiger partial charge is 0.374 e. The molecule has 1 aromatic carbocycles. The highest BCUT2D eigenvalue weighted by Crippen LogP contribution is 2.26. The minimum absolute atomic E-state index is 0.297. The zero-order valence-electron chi connectivity index (χ0n) is 11.0. The number of benzene rings is 1. The van der Waals surface area contributed by atoms with Gasteiger partial charge in [-0.2, -0.15) is 0 Å². The molecule has 0 saturated heterocycles. The number of rotatable bonds is 6. The first-order valence-corrected chi connectivity index (χ1v) is 7.19. The van der Waals surface area contributed by atoms with Crippen LogP contribution < -0.4 is 5.32 Å². The molecule has 20 heavy (non-hydrogen) atoms. The molecule has 0 aliphatic carbocycles. The Morgan fingerprint density at radius 3 is 2.55 bits per heavy atom. The van der Waals surface area contributed by atoms with E-state index in [2.05, 4.69) is 5.32 Å². The van der Waals surface area contributed by atoms with Crippen molar-refractivity contribution in [3.63, 3.8) is 0 Å². The first kappa shape index (κ1) is 17.3. The number of amides is 1. The van der Waals surface area contributed by atoms with Crippen LogP contribution in [0.15, 0.2) is 42.5 Å². The van der Waals surface area contributed by atoms with Crippen molar-refractivity contribution >= 4 is 40.7 Å². The van der Waals surface area contributed by atoms with Gasteiger partial charge in [0, 0.05) is 0 Å². The van der Waals surface area contributed by atoms with Gasteiger partial charge < -0.3 is 10.1 Å². The lowest BCUT2D eigenvalue weighted by atomic mass is 10.2. The number of halogens is 3. The summed E-state index contributed by atoms with van der Waals surface area (Å²) in [4.78, 5) is 11.6. The Balaban J connectivity index is 2.45. The Kier molecular flexibility index (Phi) is 7.38. The van der Waals surface area contributed by atoms with Gasteiger partial charge in [0.1, 0.15) is 0 Å². The Hall–Kier alpha value is -0.740. The molecule has 1 rings (SSSR count). The van der Waals surface area contributed by atoms with Crippen molar-refractivity contribution < 1.29 is 9.53 Å². The van der Waals surface area contributed by atoms with Crippen molar-refractivity contribution in [2.45, 2.75) is 23.4 Å². The van der Waals surface area contributed by atoms with Gasteiger partial charge in [-0.1, -0.05) is 77.3 Å². The van der Waals surface area contributed by atoms with Crippen molar-refractivity contribution in [1.29, 1.82) is 0 Å². The first-order chi connectivity index (χ1) is 9.43. The van der Waals surface area contributed by atoms with Crippen LogP contribution in [0.25, 0.3) is 0 Å². The van der Waals surface area contributed by atoms with Crippen LogP contribution in [0.3, 0.4) is 0 Å². The maximum absolute atomic E-state index is 11.6. The summed E-state index contributed by atoms with van der Waals surface area (Å²) in [6.07, 6.45) is 3.58. The monoisotopic (exact) mass is 335 g/mol. The topological polar surface area (TPSA) is 38.3 Å². The van der Waals surface area contributed by atoms with Gasteiger partial charge in [-0.25, -0.2) is 0 Å². The number of hydrogen-bond donors (Lipinski definition) is 1. The third kappa shape index (κ3) is 6.62. The van der Waals surface area contributed by atoms with E-state index in [1.807, 2.05) is 37.3 Å². The number of carbonyl (C=O) groups excluding carboxylic acids is 1. The van der Waals surface area contributed by atoms with Crippen LogP contribution in [0.2, 0.25) is 0 Å². The van der Waals surface area contributed by atoms with Gasteiger partial charge in [0.25, 0.3) is 9.70 Å². The van der Waals surface area contributed by atoms with E-state index in [1.165, 1.54) is 0 Å². The summed E-state index contributed by atoms with van der Waals surface area (Å²) in [7, 11) is 0. The van der Waals surface area contributed by atoms with Crippen LogP contribution in [0, 0.1) is 0 Å². The molecular weight excluding hydrogens is 321 g/mol. The molecule has 1 amide bonds. The van der Waals surface area contributed by atoms with Crippen molar-refractivity contribution in [3.05, 3.63) is 48.0 Å². The van der Waals surface area contributed by atoms with E-state index in [-0.39, 0.29) is 6.04 Å². The Morgan fingerprint density at radius 1 is 1.35 bits per heavy atom. The van der Waals surface area contributed by atoms with E-state index in [4.69, 9.17) is 39.5 Å². The van der Waals surface area contributed by atoms with E-state index in [9.17, 15) is 4.79 Å². The minimum atomic E-state index is -1.97. The second-order valence-electron chi connectivity index (χ2n) is 4.10. The molecule has 0 aromatic heterocycles. The van der Waals surface area contributed by atoms with E-state index < -0.39 is 9.70 Å². The van der Waals surface area contributed by atoms with Gasteiger partial charge in [-0.05, 0) is 12.5 Å². The summed E-state index contributed by atoms with van der Waals surface area (Å²) in [5, 5.41) is 2.60. The fraction of sp³-hybridized carbons (Fsp3) is 0.357. The summed E-state index contributed by atoms with van der Waals surface area (Å²) < 4.78 is 3.58. The summed E-state index contributed by atoms with van der Waals surface area (Å²) >= 11 is 16.5. The second kappa shape index (κ2) is 8.53. The predicted octanol–water partition coefficient (Wildman–Crippen LogP) is 3.63. The maximum Gasteiger partial charge on any atom is 0.272 e. The standard InChI is InChI=1S/C14H16Cl3NO2/c1-2-6-12(18-13(19)14(15,16)17)10-20-9-11-7-4-3-5-8-11/h2-8,12H,9-10H2,1H3,(H,18,19)/b6-2+/t12-/m0/s1. The van der Waals surface area contributed by atoms with Crippen molar-refractivity contribution in [2.75, 3.05) is 6.61 Å². The van der Waals surface area contributed by atoms with Crippen LogP contribution in [0.4, 0.5) is 0 Å². The molecule has 6 heteroatoms. The summed E-state index contributed by atoms with van der Waals surface area (Å²) in [6.45, 7) is 2.59. The number of allylic oxidation sites excluding steroid dienone is 1. The van der Waals surface area contributed by atoms with Gasteiger partial charge >= 0.3 is 0 Å². The van der Waals surface area contributed by atoms with Gasteiger partial charge in [0.2, 0.25) is 0 Å². The molecule has 1 atom stereocenters. The third-order valence-corrected chi connectivity index (χ3v) is 2.92. The predicted molar refractivity (Wildman–Crippen MR) is 83.1 cm³/mol. The Bertz CT molecular complexity index is 443. The molecule has 0 aliphatic rings. The van der Waals surface area contributed by atoms with E-state index in [1.54, 1.807) is 12.2 Å². The molecule has 0 bridgehead atoms. The molecule has 0 heterocycles. The number of hydrogen-bond acceptors (Lipinski definition) is 2. The highest BCUT2D eigenvalue weighted by atomic mass is 35.6. The van der Waals surface area contributed by atoms with E-state index in [0.29, 0.717) is 13.2 Å². The lowest BCUT2D eigenvalue weighted by Crippen LogP contribution is -2.43. The van der Waals surface area contributed by atoms with E-state index in [0.717, 1.165) is 5.56 Å². The number of nitrogens with one attached hydrogen (secondary N) is 1. The smallest absolute Gasteiger partial charge is 0.272 e. The summed E-state index contributed by atoms with van der Waals surface area (Å²) in [5.41, 5.74) is 1.06. The third-order valence-electron chi connectivity index (χ3n) is 2.41. The summed E-state index contributed by atoms with van der Waals surface area (Å²) in [6, 6.07) is 9.40. The van der Waals surface area contributed by atoms with Crippen LogP contribution in [-0.2, 0) is 16.1 Å². The Morgan fingerprint density at radius 2 is 2.00 bits per heavy atom. The number of carbonyl (C=O) groups is 1. The van der Waals surface area contributed by atoms with Gasteiger partial charge in [-0.15, -0.1) is 0 Å². The maximum atomic E-state index is 11.6. The average molecular weight is 337 g/mol. The molecule has 0 radical (unpaired) electrons. The quantitative estimate of drug-likeness (QED) is 0.636. The van der Waals surface area contributed by atoms with Crippen LogP contribution in [0.1, 0.15) is 12.5 Å². The lowest BCUT2D eigenvalue weighted by molar-refractivity contribution is -0.121. The molecule has 3 nitrogen and oxygen atoms in total. The van der Waals surface area contributed by atoms with Gasteiger partial charge in [-0.3, -0.25) is 4.79 Å². The molecule has 0 saturated carbocycles. The SMILES string of the molecule is C/C=C/[C@@H](COCc1ccccc1)NC(=O)C(Cl)(Cl)Cl. The van der Waals surface area contributed by atoms with E-state index >= 15 is 0 Å². The fourth-order valence-electron chi connectivity index (χ4n) is 1.51. The molecule has 0 aliphatic heterocycles. The highest BCUT2D eigenvalue weighted by molar-refractivity contribution is 6.76. The molecule has 0 unspecified atom stereocenters. The molecule has 110 valence electrons. The number of ether oxygens (including phenoxy) is 1. The van der Waals surface area contributed by atoms with Crippen LogP contribution in [-0.4, -0.2) is 22.3 Å². The Labute approximate surface area is 133 Å². The number of alkyl halides is 3. The minimum Gasteiger partial charge on any atom is -0.374 e. The van der Waals surface area contributed by atoms with Crippen molar-refractivity contribution in [1.82, 2.24) is 5.32 Å². The average Bonchev–Trinajstić information content (AvgIpc) is 2.39. The highest BCUT2D eigenvalue weighted by Gasteiger charge is 2.31. The molecule has 1 aromatic rings. The molecular formula is C14H16Cl3NO2. The summed E-state index contributed by atoms with van der Waals surface area (Å²) in [5.74, 6) is -0.672. The van der Waals surface area contributed by atoms with Crippen LogP contribution in [0.5, 0.6) is 0 Å². The van der Waals surface area contributed by atoms with Crippen molar-refractivity contribution in [3.8, 4) is 0 Å². The van der Waals surface area contributed by atoms with Crippen LogP contribution >= 0.6 is 34.8 Å². The van der Waals surface area contributed by atoms with Gasteiger partial charge in [0.05, 0.1) is 19.3 Å².